The van der Waals surface area contributed by atoms with Gasteiger partial charge < -0.3 is 5.32 Å². The molecule has 2 rings (SSSR count). The summed E-state index contributed by atoms with van der Waals surface area (Å²) in [4.78, 5) is 15.3. The maximum Gasteiger partial charge on any atom is 0.261 e. The Labute approximate surface area is 104 Å². The highest BCUT2D eigenvalue weighted by Gasteiger charge is 2.24. The van der Waals surface area contributed by atoms with Crippen LogP contribution in [0.5, 0.6) is 0 Å². The molecule has 98 valence electrons. The summed E-state index contributed by atoms with van der Waals surface area (Å²) in [6.45, 7) is 0. The third-order valence-electron chi connectivity index (χ3n) is 2.28. The summed E-state index contributed by atoms with van der Waals surface area (Å²) in [5, 5.41) is 2.10. The minimum Gasteiger partial charge on any atom is -0.322 e. The second kappa shape index (κ2) is 5.05. The van der Waals surface area contributed by atoms with E-state index in [-0.39, 0.29) is 11.8 Å². The monoisotopic (exact) mass is 270 g/mol. The van der Waals surface area contributed by atoms with Crippen LogP contribution in [0, 0.1) is 23.3 Å². The van der Waals surface area contributed by atoms with Crippen LogP contribution in [-0.2, 0) is 0 Å². The summed E-state index contributed by atoms with van der Waals surface area (Å²) in [5.41, 5.74) is -1.13. The first-order valence-electron chi connectivity index (χ1n) is 5.05. The van der Waals surface area contributed by atoms with Gasteiger partial charge in [-0.15, -0.1) is 0 Å². The molecule has 1 N–H and O–H groups in total. The van der Waals surface area contributed by atoms with Crippen molar-refractivity contribution in [3.63, 3.8) is 0 Å². The zero-order chi connectivity index (χ0) is 14.0. The van der Waals surface area contributed by atoms with Crippen molar-refractivity contribution in [2.24, 2.45) is 0 Å². The first kappa shape index (κ1) is 13.0. The standard InChI is InChI=1S/C12H6F4N2O/c13-7-5-8(14)11(16)9(10(7)15)12(19)18-6-1-3-17-4-2-6/h1-5H,(H,17,18,19). The number of anilines is 1. The SMILES string of the molecule is O=C(Nc1ccncc1)c1c(F)c(F)cc(F)c1F. The molecule has 1 aromatic carbocycles. The molecule has 1 amide bonds. The normalized spacial score (nSPS) is 10.3. The number of carbonyl (C=O) groups is 1. The van der Waals surface area contributed by atoms with Crippen molar-refractivity contribution in [3.05, 3.63) is 59.4 Å². The minimum atomic E-state index is -1.74. The lowest BCUT2D eigenvalue weighted by molar-refractivity contribution is 0.101. The van der Waals surface area contributed by atoms with E-state index in [0.29, 0.717) is 0 Å². The highest BCUT2D eigenvalue weighted by atomic mass is 19.2. The van der Waals surface area contributed by atoms with Crippen LogP contribution in [0.4, 0.5) is 23.2 Å². The van der Waals surface area contributed by atoms with Crippen LogP contribution in [0.3, 0.4) is 0 Å². The fraction of sp³-hybridized carbons (Fsp3) is 0. The van der Waals surface area contributed by atoms with Crippen molar-refractivity contribution in [1.82, 2.24) is 4.98 Å². The van der Waals surface area contributed by atoms with Gasteiger partial charge in [0.15, 0.2) is 23.3 Å². The Morgan fingerprint density at radius 2 is 1.53 bits per heavy atom. The number of hydrogen-bond donors (Lipinski definition) is 1. The number of halogens is 4. The molecule has 0 bridgehead atoms. The van der Waals surface area contributed by atoms with E-state index in [1.54, 1.807) is 0 Å². The summed E-state index contributed by atoms with van der Waals surface area (Å²) in [7, 11) is 0. The first-order chi connectivity index (χ1) is 9.00. The van der Waals surface area contributed by atoms with Gasteiger partial charge in [0.1, 0.15) is 5.56 Å². The van der Waals surface area contributed by atoms with E-state index in [0.717, 1.165) is 0 Å². The largest absolute Gasteiger partial charge is 0.322 e. The molecule has 0 fully saturated rings. The molecule has 0 radical (unpaired) electrons. The van der Waals surface area contributed by atoms with E-state index in [2.05, 4.69) is 10.3 Å². The fourth-order valence-corrected chi connectivity index (χ4v) is 1.40. The van der Waals surface area contributed by atoms with Gasteiger partial charge in [0, 0.05) is 24.1 Å². The molecule has 0 saturated carbocycles. The van der Waals surface area contributed by atoms with Crippen LogP contribution in [-0.4, -0.2) is 10.9 Å². The third-order valence-corrected chi connectivity index (χ3v) is 2.28. The summed E-state index contributed by atoms with van der Waals surface area (Å²) < 4.78 is 52.6. The topological polar surface area (TPSA) is 42.0 Å². The highest BCUT2D eigenvalue weighted by molar-refractivity contribution is 6.04. The number of amides is 1. The Balaban J connectivity index is 2.40. The number of benzene rings is 1. The van der Waals surface area contributed by atoms with Crippen molar-refractivity contribution in [1.29, 1.82) is 0 Å². The van der Waals surface area contributed by atoms with E-state index in [4.69, 9.17) is 0 Å². The van der Waals surface area contributed by atoms with Gasteiger partial charge in [-0.25, -0.2) is 17.6 Å². The van der Waals surface area contributed by atoms with Crippen LogP contribution in [0.1, 0.15) is 10.4 Å². The van der Waals surface area contributed by atoms with Gasteiger partial charge in [-0.05, 0) is 12.1 Å². The molecule has 2 aromatic rings. The van der Waals surface area contributed by atoms with Crippen molar-refractivity contribution < 1.29 is 22.4 Å². The number of carbonyl (C=O) groups excluding carboxylic acids is 1. The van der Waals surface area contributed by atoms with Gasteiger partial charge in [-0.3, -0.25) is 9.78 Å². The minimum absolute atomic E-state index is 0.0356. The average Bonchev–Trinajstić information content (AvgIpc) is 2.38. The second-order valence-electron chi connectivity index (χ2n) is 3.53. The molecule has 0 unspecified atom stereocenters. The molecular weight excluding hydrogens is 264 g/mol. The fourth-order valence-electron chi connectivity index (χ4n) is 1.40. The van der Waals surface area contributed by atoms with Gasteiger partial charge in [0.2, 0.25) is 0 Å². The quantitative estimate of drug-likeness (QED) is 0.673. The van der Waals surface area contributed by atoms with Gasteiger partial charge in [-0.1, -0.05) is 0 Å². The van der Waals surface area contributed by atoms with E-state index in [9.17, 15) is 22.4 Å². The highest BCUT2D eigenvalue weighted by Crippen LogP contribution is 2.20. The predicted molar refractivity (Wildman–Crippen MR) is 58.5 cm³/mol. The number of pyridine rings is 1. The maximum atomic E-state index is 13.3. The molecule has 1 heterocycles. The molecule has 0 spiro atoms. The average molecular weight is 270 g/mol. The van der Waals surface area contributed by atoms with E-state index >= 15 is 0 Å². The molecule has 0 aliphatic heterocycles. The number of nitrogens with one attached hydrogen (secondary N) is 1. The summed E-state index contributed by atoms with van der Waals surface area (Å²) in [6.07, 6.45) is 2.66. The molecule has 3 nitrogen and oxygen atoms in total. The van der Waals surface area contributed by atoms with Gasteiger partial charge in [-0.2, -0.15) is 0 Å². The Hall–Kier alpha value is -2.44. The molecule has 0 atom stereocenters. The molecule has 19 heavy (non-hydrogen) atoms. The smallest absolute Gasteiger partial charge is 0.261 e. The Morgan fingerprint density at radius 1 is 1.00 bits per heavy atom. The first-order valence-corrected chi connectivity index (χ1v) is 5.05. The van der Waals surface area contributed by atoms with E-state index in [1.807, 2.05) is 0 Å². The summed E-state index contributed by atoms with van der Waals surface area (Å²) in [5.74, 6) is -8.06. The number of nitrogens with zero attached hydrogens (tertiary/aromatic N) is 1. The lowest BCUT2D eigenvalue weighted by Gasteiger charge is -2.07. The Morgan fingerprint density at radius 3 is 2.05 bits per heavy atom. The van der Waals surface area contributed by atoms with Gasteiger partial charge >= 0.3 is 0 Å². The Kier molecular flexibility index (Phi) is 3.46. The second-order valence-corrected chi connectivity index (χ2v) is 3.53. The molecule has 7 heteroatoms. The van der Waals surface area contributed by atoms with Crippen molar-refractivity contribution in [3.8, 4) is 0 Å². The molecular formula is C12H6F4N2O. The van der Waals surface area contributed by atoms with Crippen molar-refractivity contribution >= 4 is 11.6 Å². The molecule has 0 aliphatic rings. The maximum absolute atomic E-state index is 13.3. The van der Waals surface area contributed by atoms with Gasteiger partial charge in [0.25, 0.3) is 5.91 Å². The third kappa shape index (κ3) is 2.54. The van der Waals surface area contributed by atoms with Crippen LogP contribution >= 0.6 is 0 Å². The molecule has 0 aliphatic carbocycles. The van der Waals surface area contributed by atoms with Gasteiger partial charge in [0.05, 0.1) is 0 Å². The lowest BCUT2D eigenvalue weighted by atomic mass is 10.1. The van der Waals surface area contributed by atoms with E-state index < -0.39 is 34.7 Å². The Bertz CT molecular complexity index is 605. The number of rotatable bonds is 2. The lowest BCUT2D eigenvalue weighted by Crippen LogP contribution is -2.18. The van der Waals surface area contributed by atoms with Crippen LogP contribution in [0.15, 0.2) is 30.6 Å². The van der Waals surface area contributed by atoms with Crippen LogP contribution in [0.25, 0.3) is 0 Å². The van der Waals surface area contributed by atoms with Crippen molar-refractivity contribution in [2.45, 2.75) is 0 Å². The number of hydrogen-bond acceptors (Lipinski definition) is 2. The van der Waals surface area contributed by atoms with Crippen LogP contribution < -0.4 is 5.32 Å². The number of aromatic nitrogens is 1. The van der Waals surface area contributed by atoms with Crippen LogP contribution in [0.2, 0.25) is 0 Å². The van der Waals surface area contributed by atoms with Crippen molar-refractivity contribution in [2.75, 3.05) is 5.32 Å². The predicted octanol–water partition coefficient (Wildman–Crippen LogP) is 2.89. The molecule has 0 saturated heterocycles. The van der Waals surface area contributed by atoms with E-state index in [1.165, 1.54) is 24.5 Å². The zero-order valence-corrected chi connectivity index (χ0v) is 9.25. The molecule has 1 aromatic heterocycles. The summed E-state index contributed by atoms with van der Waals surface area (Å²) in [6, 6.07) is 2.74. The summed E-state index contributed by atoms with van der Waals surface area (Å²) >= 11 is 0. The zero-order valence-electron chi connectivity index (χ0n) is 9.25.